The summed E-state index contributed by atoms with van der Waals surface area (Å²) in [6.45, 7) is 3.63. The van der Waals surface area contributed by atoms with Crippen LogP contribution in [0.4, 0.5) is 10.2 Å². The number of nitrogens with zero attached hydrogens (tertiary/aromatic N) is 3. The van der Waals surface area contributed by atoms with Crippen LogP contribution in [0.5, 0.6) is 0 Å². The topological polar surface area (TPSA) is 121 Å². The summed E-state index contributed by atoms with van der Waals surface area (Å²) in [6.07, 6.45) is 6.55. The summed E-state index contributed by atoms with van der Waals surface area (Å²) in [5, 5.41) is 13.7. The highest BCUT2D eigenvalue weighted by molar-refractivity contribution is 7.91. The van der Waals surface area contributed by atoms with Crippen molar-refractivity contribution in [1.82, 2.24) is 19.9 Å². The maximum atomic E-state index is 14.7. The lowest BCUT2D eigenvalue weighted by atomic mass is 9.83. The maximum Gasteiger partial charge on any atom is 0.208 e. The van der Waals surface area contributed by atoms with E-state index in [4.69, 9.17) is 11.6 Å². The van der Waals surface area contributed by atoms with Crippen molar-refractivity contribution in [2.24, 2.45) is 0 Å². The Labute approximate surface area is 212 Å². The molecule has 2 atom stereocenters. The number of sulfone groups is 1. The molecule has 11 heteroatoms. The normalized spacial score (nSPS) is 20.5. The Morgan fingerprint density at radius 2 is 1.97 bits per heavy atom. The number of aromatic amines is 1. The van der Waals surface area contributed by atoms with Crippen LogP contribution in [0.2, 0.25) is 5.02 Å². The van der Waals surface area contributed by atoms with Crippen LogP contribution in [0.15, 0.2) is 52.6 Å². The molecule has 1 unspecified atom stereocenters. The number of fused-ring (bicyclic) bond motifs is 1. The Morgan fingerprint density at radius 1 is 1.22 bits per heavy atom. The van der Waals surface area contributed by atoms with E-state index in [1.807, 2.05) is 6.92 Å². The lowest BCUT2D eigenvalue weighted by Crippen LogP contribution is -2.38. The minimum atomic E-state index is -4.03. The number of hydrogen-bond acceptors (Lipinski definition) is 7. The molecule has 8 nitrogen and oxygen atoms in total. The lowest BCUT2D eigenvalue weighted by molar-refractivity contribution is 0.0182. The van der Waals surface area contributed by atoms with Crippen LogP contribution in [0.1, 0.15) is 38.2 Å². The number of pyridine rings is 1. The molecule has 0 bridgehead atoms. The molecule has 0 amide bonds. The molecule has 1 aliphatic carbocycles. The highest BCUT2D eigenvalue weighted by Gasteiger charge is 2.31. The molecule has 1 fully saturated rings. The first-order chi connectivity index (χ1) is 17.0. The van der Waals surface area contributed by atoms with E-state index < -0.39 is 21.3 Å². The SMILES string of the molecule is Cc1ccc(S(=O)(=O)c2c(Cl)cnc3[nH]cc(-c4ncc(F)c(N[C@H]5CCCC(C)(O)C5)n4)c23)cc1. The van der Waals surface area contributed by atoms with Gasteiger partial charge in [0, 0.05) is 24.0 Å². The van der Waals surface area contributed by atoms with Crippen LogP contribution in [0.3, 0.4) is 0 Å². The molecule has 1 aliphatic rings. The first-order valence-electron chi connectivity index (χ1n) is 11.5. The van der Waals surface area contributed by atoms with E-state index >= 15 is 0 Å². The Bertz CT molecular complexity index is 1550. The Hall–Kier alpha value is -3.08. The van der Waals surface area contributed by atoms with Crippen LogP contribution in [-0.4, -0.2) is 45.1 Å². The largest absolute Gasteiger partial charge is 0.390 e. The molecule has 0 saturated heterocycles. The third-order valence-corrected chi connectivity index (χ3v) is 8.74. The molecule has 188 valence electrons. The fraction of sp³-hybridized carbons (Fsp3) is 0.320. The molecule has 1 aromatic carbocycles. The predicted octanol–water partition coefficient (Wildman–Crippen LogP) is 5.06. The van der Waals surface area contributed by atoms with E-state index in [0.717, 1.165) is 24.6 Å². The summed E-state index contributed by atoms with van der Waals surface area (Å²) >= 11 is 6.40. The van der Waals surface area contributed by atoms with Crippen LogP contribution < -0.4 is 5.32 Å². The van der Waals surface area contributed by atoms with Gasteiger partial charge in [0.05, 0.1) is 27.1 Å². The van der Waals surface area contributed by atoms with Crippen LogP contribution in [-0.2, 0) is 9.84 Å². The highest BCUT2D eigenvalue weighted by atomic mass is 35.5. The Balaban J connectivity index is 1.61. The van der Waals surface area contributed by atoms with Crippen molar-refractivity contribution in [3.8, 4) is 11.4 Å². The smallest absolute Gasteiger partial charge is 0.208 e. The van der Waals surface area contributed by atoms with Gasteiger partial charge in [-0.2, -0.15) is 0 Å². The zero-order valence-corrected chi connectivity index (χ0v) is 21.3. The van der Waals surface area contributed by atoms with Crippen molar-refractivity contribution in [1.29, 1.82) is 0 Å². The minimum absolute atomic E-state index is 0.0185. The number of aryl methyl sites for hydroxylation is 1. The molecule has 1 saturated carbocycles. The highest BCUT2D eigenvalue weighted by Crippen LogP contribution is 2.38. The van der Waals surface area contributed by atoms with Gasteiger partial charge < -0.3 is 15.4 Å². The number of H-pyrrole nitrogens is 1. The summed E-state index contributed by atoms with van der Waals surface area (Å²) in [5.74, 6) is -0.556. The van der Waals surface area contributed by atoms with E-state index in [0.29, 0.717) is 18.4 Å². The molecule has 5 rings (SSSR count). The van der Waals surface area contributed by atoms with Crippen molar-refractivity contribution < 1.29 is 17.9 Å². The van der Waals surface area contributed by atoms with Gasteiger partial charge >= 0.3 is 0 Å². The maximum absolute atomic E-state index is 14.7. The van der Waals surface area contributed by atoms with Gasteiger partial charge in [-0.05, 0) is 51.7 Å². The first kappa shape index (κ1) is 24.6. The number of hydrogen-bond donors (Lipinski definition) is 3. The molecular formula is C25H25ClFN5O3S. The van der Waals surface area contributed by atoms with Crippen molar-refractivity contribution in [3.05, 3.63) is 59.3 Å². The van der Waals surface area contributed by atoms with Gasteiger partial charge in [-0.3, -0.25) is 0 Å². The van der Waals surface area contributed by atoms with Gasteiger partial charge in [0.15, 0.2) is 17.5 Å². The second-order valence-electron chi connectivity index (χ2n) is 9.50. The molecule has 36 heavy (non-hydrogen) atoms. The minimum Gasteiger partial charge on any atom is -0.390 e. The molecule has 0 radical (unpaired) electrons. The summed E-state index contributed by atoms with van der Waals surface area (Å²) in [5.41, 5.74) is 0.692. The van der Waals surface area contributed by atoms with Crippen molar-refractivity contribution in [2.75, 3.05) is 5.32 Å². The van der Waals surface area contributed by atoms with E-state index in [1.165, 1.54) is 24.5 Å². The van der Waals surface area contributed by atoms with E-state index in [1.54, 1.807) is 19.1 Å². The van der Waals surface area contributed by atoms with Crippen LogP contribution in [0, 0.1) is 12.7 Å². The number of anilines is 1. The third-order valence-electron chi connectivity index (χ3n) is 6.49. The fourth-order valence-electron chi connectivity index (χ4n) is 4.70. The molecule has 0 spiro atoms. The van der Waals surface area contributed by atoms with Crippen LogP contribution in [0.25, 0.3) is 22.4 Å². The zero-order valence-electron chi connectivity index (χ0n) is 19.7. The number of aromatic nitrogens is 4. The molecular weight excluding hydrogens is 505 g/mol. The standard InChI is InChI=1S/C25H25ClFN5O3S/c1-14-5-7-16(8-6-14)36(34,35)21-18(26)12-29-24-20(21)17(11-28-24)22-30-13-19(27)23(32-22)31-15-4-3-9-25(2,33)10-15/h5-8,11-13,15,33H,3-4,9-10H2,1-2H3,(H,28,29)(H,30,31,32)/t15-,25?/m0/s1. The van der Waals surface area contributed by atoms with Gasteiger partial charge in [-0.15, -0.1) is 0 Å². The summed E-state index contributed by atoms with van der Waals surface area (Å²) in [6, 6.07) is 6.30. The lowest BCUT2D eigenvalue weighted by Gasteiger charge is -2.34. The van der Waals surface area contributed by atoms with Crippen molar-refractivity contribution >= 4 is 38.3 Å². The zero-order chi connectivity index (χ0) is 25.7. The average Bonchev–Trinajstić information content (AvgIpc) is 3.24. The fourth-order valence-corrected chi connectivity index (χ4v) is 6.66. The molecule has 3 N–H and O–H groups in total. The number of rotatable bonds is 5. The van der Waals surface area contributed by atoms with Gasteiger partial charge in [-0.1, -0.05) is 29.3 Å². The second-order valence-corrected chi connectivity index (χ2v) is 11.8. The Morgan fingerprint density at radius 3 is 2.69 bits per heavy atom. The number of nitrogens with one attached hydrogen (secondary N) is 2. The van der Waals surface area contributed by atoms with E-state index in [2.05, 4.69) is 25.3 Å². The van der Waals surface area contributed by atoms with E-state index in [-0.39, 0.29) is 43.5 Å². The average molecular weight is 530 g/mol. The number of benzene rings is 1. The molecule has 4 aromatic rings. The first-order valence-corrected chi connectivity index (χ1v) is 13.4. The predicted molar refractivity (Wildman–Crippen MR) is 135 cm³/mol. The third kappa shape index (κ3) is 4.56. The van der Waals surface area contributed by atoms with Crippen molar-refractivity contribution in [2.45, 2.75) is 61.0 Å². The van der Waals surface area contributed by atoms with E-state index in [9.17, 15) is 17.9 Å². The van der Waals surface area contributed by atoms with Gasteiger partial charge in [0.25, 0.3) is 0 Å². The molecule has 0 aliphatic heterocycles. The molecule has 3 heterocycles. The monoisotopic (exact) mass is 529 g/mol. The number of halogens is 2. The van der Waals surface area contributed by atoms with Gasteiger partial charge in [-0.25, -0.2) is 27.8 Å². The Kier molecular flexibility index (Phi) is 6.22. The second kappa shape index (κ2) is 9.10. The van der Waals surface area contributed by atoms with Gasteiger partial charge in [0.2, 0.25) is 9.84 Å². The quantitative estimate of drug-likeness (QED) is 0.330. The van der Waals surface area contributed by atoms with Gasteiger partial charge in [0.1, 0.15) is 10.5 Å². The summed E-state index contributed by atoms with van der Waals surface area (Å²) < 4.78 is 42.0. The number of aliphatic hydroxyl groups is 1. The summed E-state index contributed by atoms with van der Waals surface area (Å²) in [7, 11) is -4.03. The van der Waals surface area contributed by atoms with Crippen LogP contribution >= 0.6 is 11.6 Å². The summed E-state index contributed by atoms with van der Waals surface area (Å²) in [4.78, 5) is 15.7. The molecule has 3 aromatic heterocycles. The van der Waals surface area contributed by atoms with Crippen molar-refractivity contribution in [3.63, 3.8) is 0 Å².